The summed E-state index contributed by atoms with van der Waals surface area (Å²) in [4.78, 5) is 12.5. The second kappa shape index (κ2) is 7.63. The molecule has 5 nitrogen and oxygen atoms in total. The molecule has 0 bridgehead atoms. The molecule has 0 saturated carbocycles. The van der Waals surface area contributed by atoms with Gasteiger partial charge in [0.2, 0.25) is 0 Å². The predicted octanol–water partition coefficient (Wildman–Crippen LogP) is 4.36. The number of hydrogen-bond donors (Lipinski definition) is 2. The Balaban J connectivity index is 1.80. The minimum atomic E-state index is -3.79. The van der Waals surface area contributed by atoms with E-state index in [0.717, 1.165) is 11.1 Å². The van der Waals surface area contributed by atoms with Gasteiger partial charge in [0.1, 0.15) is 0 Å². The number of amides is 1. The summed E-state index contributed by atoms with van der Waals surface area (Å²) in [5.41, 5.74) is 3.50. The highest BCUT2D eigenvalue weighted by Gasteiger charge is 2.16. The SMILES string of the molecule is Cc1ccc(NC(=O)c2cccc(S(=O)(=O)Nc3ccc(C)cc3)c2)cc1. The van der Waals surface area contributed by atoms with Crippen molar-refractivity contribution in [1.29, 1.82) is 0 Å². The number of carbonyl (C=O) groups excluding carboxylic acids is 1. The second-order valence-electron chi connectivity index (χ2n) is 6.32. The Morgan fingerprint density at radius 3 is 1.93 bits per heavy atom. The van der Waals surface area contributed by atoms with Gasteiger partial charge in [0.15, 0.2) is 0 Å². The summed E-state index contributed by atoms with van der Waals surface area (Å²) < 4.78 is 27.8. The minimum Gasteiger partial charge on any atom is -0.322 e. The van der Waals surface area contributed by atoms with Gasteiger partial charge in [-0.3, -0.25) is 9.52 Å². The summed E-state index contributed by atoms with van der Waals surface area (Å²) in [6, 6.07) is 20.4. The first-order chi connectivity index (χ1) is 12.8. The summed E-state index contributed by atoms with van der Waals surface area (Å²) in [5, 5.41) is 2.77. The number of benzene rings is 3. The standard InChI is InChI=1S/C21H20N2O3S/c1-15-6-10-18(11-7-15)22-21(24)17-4-3-5-20(14-17)27(25,26)23-19-12-8-16(2)9-13-19/h3-14,23H,1-2H3,(H,22,24). The molecule has 3 aromatic rings. The van der Waals surface area contributed by atoms with Gasteiger partial charge in [0, 0.05) is 16.9 Å². The van der Waals surface area contributed by atoms with Crippen molar-refractivity contribution < 1.29 is 13.2 Å². The fourth-order valence-electron chi connectivity index (χ4n) is 2.48. The van der Waals surface area contributed by atoms with E-state index >= 15 is 0 Å². The predicted molar refractivity (Wildman–Crippen MR) is 108 cm³/mol. The first-order valence-corrected chi connectivity index (χ1v) is 9.89. The molecule has 0 aliphatic rings. The summed E-state index contributed by atoms with van der Waals surface area (Å²) in [6.45, 7) is 3.88. The van der Waals surface area contributed by atoms with Gasteiger partial charge < -0.3 is 5.32 Å². The molecule has 3 aromatic carbocycles. The van der Waals surface area contributed by atoms with E-state index in [9.17, 15) is 13.2 Å². The fraction of sp³-hybridized carbons (Fsp3) is 0.0952. The molecular formula is C21H20N2O3S. The average molecular weight is 380 g/mol. The zero-order valence-corrected chi connectivity index (χ0v) is 15.9. The third-order valence-corrected chi connectivity index (χ3v) is 5.40. The molecule has 0 aliphatic heterocycles. The zero-order chi connectivity index (χ0) is 19.4. The number of carbonyl (C=O) groups is 1. The smallest absolute Gasteiger partial charge is 0.261 e. The molecule has 0 aliphatic carbocycles. The van der Waals surface area contributed by atoms with E-state index in [0.29, 0.717) is 11.4 Å². The van der Waals surface area contributed by atoms with E-state index in [1.165, 1.54) is 12.1 Å². The molecule has 27 heavy (non-hydrogen) atoms. The van der Waals surface area contributed by atoms with Crippen LogP contribution in [0.15, 0.2) is 77.7 Å². The van der Waals surface area contributed by atoms with E-state index in [4.69, 9.17) is 0 Å². The Bertz CT molecular complexity index is 1060. The number of nitrogens with one attached hydrogen (secondary N) is 2. The second-order valence-corrected chi connectivity index (χ2v) is 8.00. The van der Waals surface area contributed by atoms with E-state index in [1.807, 2.05) is 38.1 Å². The number of hydrogen-bond acceptors (Lipinski definition) is 3. The number of sulfonamides is 1. The Morgan fingerprint density at radius 1 is 0.778 bits per heavy atom. The van der Waals surface area contributed by atoms with Crippen molar-refractivity contribution in [2.24, 2.45) is 0 Å². The van der Waals surface area contributed by atoms with Crippen molar-refractivity contribution in [3.8, 4) is 0 Å². The van der Waals surface area contributed by atoms with E-state index in [1.54, 1.807) is 36.4 Å². The lowest BCUT2D eigenvalue weighted by molar-refractivity contribution is 0.102. The molecule has 138 valence electrons. The third kappa shape index (κ3) is 4.74. The molecule has 0 aromatic heterocycles. The van der Waals surface area contributed by atoms with Crippen LogP contribution in [0.2, 0.25) is 0 Å². The van der Waals surface area contributed by atoms with Gasteiger partial charge in [0.25, 0.3) is 15.9 Å². The Labute approximate surface area is 159 Å². The number of aryl methyl sites for hydroxylation is 2. The Kier molecular flexibility index (Phi) is 5.28. The van der Waals surface area contributed by atoms with E-state index in [-0.39, 0.29) is 16.4 Å². The molecule has 0 heterocycles. The maximum Gasteiger partial charge on any atom is 0.261 e. The Morgan fingerprint density at radius 2 is 1.33 bits per heavy atom. The van der Waals surface area contributed by atoms with E-state index < -0.39 is 10.0 Å². The summed E-state index contributed by atoms with van der Waals surface area (Å²) >= 11 is 0. The topological polar surface area (TPSA) is 75.3 Å². The van der Waals surface area contributed by atoms with Crippen molar-refractivity contribution in [3.63, 3.8) is 0 Å². The Hall–Kier alpha value is -3.12. The highest BCUT2D eigenvalue weighted by Crippen LogP contribution is 2.18. The minimum absolute atomic E-state index is 0.0274. The van der Waals surface area contributed by atoms with Crippen LogP contribution in [0.3, 0.4) is 0 Å². The van der Waals surface area contributed by atoms with Crippen LogP contribution < -0.4 is 10.0 Å². The zero-order valence-electron chi connectivity index (χ0n) is 15.1. The van der Waals surface area contributed by atoms with Gasteiger partial charge in [-0.2, -0.15) is 0 Å². The van der Waals surface area contributed by atoms with Gasteiger partial charge in [-0.05, 0) is 56.3 Å². The van der Waals surface area contributed by atoms with Crippen molar-refractivity contribution >= 4 is 27.3 Å². The van der Waals surface area contributed by atoms with Crippen LogP contribution in [0.1, 0.15) is 21.5 Å². The highest BCUT2D eigenvalue weighted by atomic mass is 32.2. The molecule has 6 heteroatoms. The maximum atomic E-state index is 12.6. The summed E-state index contributed by atoms with van der Waals surface area (Å²) in [5.74, 6) is -0.369. The first kappa shape index (κ1) is 18.7. The van der Waals surface area contributed by atoms with Crippen molar-refractivity contribution in [3.05, 3.63) is 89.5 Å². The highest BCUT2D eigenvalue weighted by molar-refractivity contribution is 7.92. The lowest BCUT2D eigenvalue weighted by atomic mass is 10.2. The molecule has 0 radical (unpaired) electrons. The van der Waals surface area contributed by atoms with Crippen molar-refractivity contribution in [2.75, 3.05) is 10.0 Å². The molecule has 0 atom stereocenters. The molecule has 2 N–H and O–H groups in total. The van der Waals surface area contributed by atoms with Crippen molar-refractivity contribution in [2.45, 2.75) is 18.7 Å². The van der Waals surface area contributed by atoms with Crippen LogP contribution in [0, 0.1) is 13.8 Å². The number of anilines is 2. The van der Waals surface area contributed by atoms with E-state index in [2.05, 4.69) is 10.0 Å². The first-order valence-electron chi connectivity index (χ1n) is 8.41. The third-order valence-electron chi connectivity index (χ3n) is 4.02. The molecule has 0 unspecified atom stereocenters. The number of rotatable bonds is 5. The maximum absolute atomic E-state index is 12.6. The summed E-state index contributed by atoms with van der Waals surface area (Å²) in [7, 11) is -3.79. The van der Waals surface area contributed by atoms with Crippen LogP contribution in [-0.2, 0) is 10.0 Å². The van der Waals surface area contributed by atoms with Gasteiger partial charge in [-0.25, -0.2) is 8.42 Å². The molecule has 0 saturated heterocycles. The van der Waals surface area contributed by atoms with Gasteiger partial charge in [0.05, 0.1) is 4.90 Å². The monoisotopic (exact) mass is 380 g/mol. The molecule has 0 fully saturated rings. The molecular weight excluding hydrogens is 360 g/mol. The quantitative estimate of drug-likeness (QED) is 0.691. The van der Waals surface area contributed by atoms with Crippen LogP contribution >= 0.6 is 0 Å². The molecule has 3 rings (SSSR count). The molecule has 1 amide bonds. The van der Waals surface area contributed by atoms with Crippen LogP contribution in [-0.4, -0.2) is 14.3 Å². The van der Waals surface area contributed by atoms with Gasteiger partial charge in [-0.15, -0.1) is 0 Å². The normalized spacial score (nSPS) is 11.0. The summed E-state index contributed by atoms with van der Waals surface area (Å²) in [6.07, 6.45) is 0. The van der Waals surface area contributed by atoms with Crippen molar-refractivity contribution in [1.82, 2.24) is 0 Å². The van der Waals surface area contributed by atoms with Crippen LogP contribution in [0.4, 0.5) is 11.4 Å². The van der Waals surface area contributed by atoms with Gasteiger partial charge >= 0.3 is 0 Å². The lowest BCUT2D eigenvalue weighted by Crippen LogP contribution is -2.16. The van der Waals surface area contributed by atoms with Crippen LogP contribution in [0.5, 0.6) is 0 Å². The average Bonchev–Trinajstić information content (AvgIpc) is 2.65. The fourth-order valence-corrected chi connectivity index (χ4v) is 3.58. The largest absolute Gasteiger partial charge is 0.322 e. The van der Waals surface area contributed by atoms with Gasteiger partial charge in [-0.1, -0.05) is 41.5 Å². The molecule has 0 spiro atoms. The van der Waals surface area contributed by atoms with Crippen LogP contribution in [0.25, 0.3) is 0 Å². The lowest BCUT2D eigenvalue weighted by Gasteiger charge is -2.10.